The molecule has 1 aliphatic rings. The molecular weight excluding hydrogens is 251 g/mol. The second-order valence-electron chi connectivity index (χ2n) is 6.00. The largest absolute Gasteiger partial charge is 0.326 e. The fourth-order valence-electron chi connectivity index (χ4n) is 3.41. The monoisotopic (exact) mass is 278 g/mol. The molecule has 0 radical (unpaired) electrons. The highest BCUT2D eigenvalue weighted by Gasteiger charge is 2.30. The lowest BCUT2D eigenvalue weighted by atomic mass is 9.89. The van der Waals surface area contributed by atoms with Crippen molar-refractivity contribution in [3.8, 4) is 0 Å². The van der Waals surface area contributed by atoms with Gasteiger partial charge in [0, 0.05) is 17.6 Å². The summed E-state index contributed by atoms with van der Waals surface area (Å²) in [5.41, 5.74) is 7.06. The van der Waals surface area contributed by atoms with Crippen LogP contribution in [0, 0.1) is 5.82 Å². The van der Waals surface area contributed by atoms with Gasteiger partial charge in [0.1, 0.15) is 5.82 Å². The summed E-state index contributed by atoms with van der Waals surface area (Å²) in [5.74, 6) is -0.135. The maximum atomic E-state index is 14.2. The summed E-state index contributed by atoms with van der Waals surface area (Å²) in [4.78, 5) is 2.33. The van der Waals surface area contributed by atoms with Crippen LogP contribution in [0.2, 0.25) is 0 Å². The molecule has 0 heterocycles. The van der Waals surface area contributed by atoms with E-state index < -0.39 is 0 Å². The summed E-state index contributed by atoms with van der Waals surface area (Å²) in [6, 6.07) is 7.55. The van der Waals surface area contributed by atoms with Gasteiger partial charge in [-0.15, -0.1) is 0 Å². The van der Waals surface area contributed by atoms with E-state index in [1.807, 2.05) is 12.1 Å². The lowest BCUT2D eigenvalue weighted by Gasteiger charge is -2.40. The zero-order valence-electron chi connectivity index (χ0n) is 12.7. The molecule has 0 aromatic heterocycles. The van der Waals surface area contributed by atoms with E-state index in [1.165, 1.54) is 32.1 Å². The van der Waals surface area contributed by atoms with E-state index in [4.69, 9.17) is 5.73 Å². The van der Waals surface area contributed by atoms with E-state index in [1.54, 1.807) is 12.1 Å². The van der Waals surface area contributed by atoms with Crippen LogP contribution < -0.4 is 5.73 Å². The average molecular weight is 278 g/mol. The normalized spacial score (nSPS) is 20.1. The molecule has 1 aliphatic carbocycles. The molecule has 1 fully saturated rings. The number of nitrogens with zero attached hydrogens (tertiary/aromatic N) is 1. The number of halogens is 1. The lowest BCUT2D eigenvalue weighted by molar-refractivity contribution is 0.116. The zero-order valence-corrected chi connectivity index (χ0v) is 12.7. The topological polar surface area (TPSA) is 29.3 Å². The summed E-state index contributed by atoms with van der Waals surface area (Å²) in [6.45, 7) is 2.08. The first-order valence-corrected chi connectivity index (χ1v) is 7.87. The molecule has 1 aromatic carbocycles. The highest BCUT2D eigenvalue weighted by molar-refractivity contribution is 5.23. The second kappa shape index (κ2) is 7.19. The molecule has 20 heavy (non-hydrogen) atoms. The summed E-state index contributed by atoms with van der Waals surface area (Å²) in [5, 5.41) is 0. The minimum Gasteiger partial charge on any atom is -0.326 e. The maximum Gasteiger partial charge on any atom is 0.128 e. The number of hydrogen-bond acceptors (Lipinski definition) is 2. The van der Waals surface area contributed by atoms with Gasteiger partial charge in [0.25, 0.3) is 0 Å². The molecule has 0 bridgehead atoms. The fraction of sp³-hybridized carbons (Fsp3) is 0.647. The van der Waals surface area contributed by atoms with Crippen LogP contribution in [-0.2, 0) is 0 Å². The third kappa shape index (κ3) is 3.39. The van der Waals surface area contributed by atoms with Crippen molar-refractivity contribution in [2.45, 2.75) is 63.6 Å². The number of hydrogen-bond donors (Lipinski definition) is 1. The Morgan fingerprint density at radius 1 is 1.25 bits per heavy atom. The van der Waals surface area contributed by atoms with Gasteiger partial charge >= 0.3 is 0 Å². The van der Waals surface area contributed by atoms with Gasteiger partial charge in [0.15, 0.2) is 0 Å². The number of rotatable bonds is 5. The van der Waals surface area contributed by atoms with Crippen molar-refractivity contribution in [3.05, 3.63) is 35.6 Å². The molecule has 3 heteroatoms. The van der Waals surface area contributed by atoms with Crippen molar-refractivity contribution in [2.75, 3.05) is 7.05 Å². The van der Waals surface area contributed by atoms with E-state index in [0.717, 1.165) is 12.0 Å². The van der Waals surface area contributed by atoms with Gasteiger partial charge in [0.2, 0.25) is 0 Å². The highest BCUT2D eigenvalue weighted by Crippen LogP contribution is 2.32. The molecule has 2 rings (SSSR count). The van der Waals surface area contributed by atoms with Gasteiger partial charge in [-0.25, -0.2) is 4.39 Å². The van der Waals surface area contributed by atoms with Crippen LogP contribution in [0.15, 0.2) is 24.3 Å². The van der Waals surface area contributed by atoms with Crippen LogP contribution >= 0.6 is 0 Å². The molecule has 2 N–H and O–H groups in total. The number of nitrogens with two attached hydrogens (primary N) is 1. The van der Waals surface area contributed by atoms with Crippen molar-refractivity contribution in [2.24, 2.45) is 5.73 Å². The van der Waals surface area contributed by atoms with Crippen LogP contribution in [0.1, 0.15) is 57.1 Å². The minimum absolute atomic E-state index is 0.0238. The second-order valence-corrected chi connectivity index (χ2v) is 6.00. The third-order valence-corrected chi connectivity index (χ3v) is 4.69. The summed E-state index contributed by atoms with van der Waals surface area (Å²) >= 11 is 0. The van der Waals surface area contributed by atoms with Gasteiger partial charge in [-0.2, -0.15) is 0 Å². The molecule has 1 aromatic rings. The van der Waals surface area contributed by atoms with Crippen molar-refractivity contribution in [1.82, 2.24) is 4.90 Å². The molecular formula is C17H27FN2. The highest BCUT2D eigenvalue weighted by atomic mass is 19.1. The van der Waals surface area contributed by atoms with Gasteiger partial charge in [-0.1, -0.05) is 44.4 Å². The maximum absolute atomic E-state index is 14.2. The summed E-state index contributed by atoms with van der Waals surface area (Å²) in [6.07, 6.45) is 7.15. The van der Waals surface area contributed by atoms with Gasteiger partial charge in [-0.3, -0.25) is 4.90 Å². The fourth-order valence-corrected chi connectivity index (χ4v) is 3.41. The average Bonchev–Trinajstić information content (AvgIpc) is 2.50. The number of benzene rings is 1. The Morgan fingerprint density at radius 2 is 1.90 bits per heavy atom. The Bertz CT molecular complexity index is 415. The molecule has 112 valence electrons. The Kier molecular flexibility index (Phi) is 5.55. The molecule has 2 unspecified atom stereocenters. The Balaban J connectivity index is 2.25. The number of likely N-dealkylation sites (N-methyl/N-ethyl adjacent to an activating group) is 1. The van der Waals surface area contributed by atoms with Crippen molar-refractivity contribution < 1.29 is 4.39 Å². The van der Waals surface area contributed by atoms with E-state index >= 15 is 0 Å². The SMILES string of the molecule is CCC(N)C(c1ccccc1F)N(C)C1CCCCC1. The van der Waals surface area contributed by atoms with Crippen molar-refractivity contribution in [1.29, 1.82) is 0 Å². The van der Waals surface area contributed by atoms with Crippen LogP contribution in [0.25, 0.3) is 0 Å². The third-order valence-electron chi connectivity index (χ3n) is 4.69. The smallest absolute Gasteiger partial charge is 0.128 e. The van der Waals surface area contributed by atoms with Crippen molar-refractivity contribution in [3.63, 3.8) is 0 Å². The summed E-state index contributed by atoms with van der Waals surface area (Å²) < 4.78 is 14.2. The molecule has 2 nitrogen and oxygen atoms in total. The lowest BCUT2D eigenvalue weighted by Crippen LogP contribution is -2.45. The van der Waals surface area contributed by atoms with E-state index in [0.29, 0.717) is 6.04 Å². The van der Waals surface area contributed by atoms with Gasteiger partial charge in [-0.05, 0) is 32.4 Å². The summed E-state index contributed by atoms with van der Waals surface area (Å²) in [7, 11) is 2.11. The van der Waals surface area contributed by atoms with Crippen LogP contribution in [-0.4, -0.2) is 24.0 Å². The zero-order chi connectivity index (χ0) is 14.5. The van der Waals surface area contributed by atoms with Crippen LogP contribution in [0.5, 0.6) is 0 Å². The van der Waals surface area contributed by atoms with Crippen LogP contribution in [0.4, 0.5) is 4.39 Å². The van der Waals surface area contributed by atoms with Crippen molar-refractivity contribution >= 4 is 0 Å². The quantitative estimate of drug-likeness (QED) is 0.886. The molecule has 0 aliphatic heterocycles. The molecule has 1 saturated carbocycles. The Morgan fingerprint density at radius 3 is 2.50 bits per heavy atom. The van der Waals surface area contributed by atoms with Gasteiger partial charge < -0.3 is 5.73 Å². The molecule has 0 amide bonds. The minimum atomic E-state index is -0.135. The predicted molar refractivity (Wildman–Crippen MR) is 82.0 cm³/mol. The Labute approximate surface area is 122 Å². The van der Waals surface area contributed by atoms with E-state index in [-0.39, 0.29) is 17.9 Å². The Hall–Kier alpha value is -0.930. The molecule has 2 atom stereocenters. The first-order valence-electron chi connectivity index (χ1n) is 7.87. The van der Waals surface area contributed by atoms with Crippen LogP contribution in [0.3, 0.4) is 0 Å². The van der Waals surface area contributed by atoms with E-state index in [2.05, 4.69) is 18.9 Å². The molecule has 0 saturated heterocycles. The molecule has 0 spiro atoms. The van der Waals surface area contributed by atoms with E-state index in [9.17, 15) is 4.39 Å². The standard InChI is InChI=1S/C17H27FN2/c1-3-16(19)17(14-11-7-8-12-15(14)18)20(2)13-9-5-4-6-10-13/h7-8,11-13,16-17H,3-6,9-10,19H2,1-2H3. The van der Waals surface area contributed by atoms with Gasteiger partial charge in [0.05, 0.1) is 6.04 Å². The predicted octanol–water partition coefficient (Wildman–Crippen LogP) is 3.87. The first-order chi connectivity index (χ1) is 9.65. The first kappa shape index (κ1) is 15.5.